The van der Waals surface area contributed by atoms with Gasteiger partial charge in [-0.1, -0.05) is 6.07 Å². The van der Waals surface area contributed by atoms with Crippen LogP contribution in [-0.2, 0) is 16.6 Å². The summed E-state index contributed by atoms with van der Waals surface area (Å²) in [6.45, 7) is 1.94. The van der Waals surface area contributed by atoms with Crippen molar-refractivity contribution in [2.24, 2.45) is 11.7 Å². The number of fused-ring (bicyclic) bond motifs is 1. The Morgan fingerprint density at radius 1 is 1.32 bits per heavy atom. The number of nitrogens with two attached hydrogens (primary N) is 1. The van der Waals surface area contributed by atoms with E-state index in [4.69, 9.17) is 5.73 Å². The van der Waals surface area contributed by atoms with Crippen LogP contribution in [0.3, 0.4) is 0 Å². The minimum Gasteiger partial charge on any atom is -0.507 e. The van der Waals surface area contributed by atoms with Gasteiger partial charge in [0.15, 0.2) is 0 Å². The molecular formula is C22H29N2O4+. The molecule has 2 bridgehead atoms. The van der Waals surface area contributed by atoms with Gasteiger partial charge in [0.2, 0.25) is 0 Å². The predicted molar refractivity (Wildman–Crippen MR) is 103 cm³/mol. The molecule has 0 aromatic heterocycles. The summed E-state index contributed by atoms with van der Waals surface area (Å²) < 4.78 is 0.828. The van der Waals surface area contributed by atoms with E-state index in [1.54, 1.807) is 6.07 Å². The Hall–Kier alpha value is -1.92. The number of likely N-dealkylation sites (N-methyl/N-ethyl adjacent to an activating group) is 1. The molecule has 1 saturated heterocycles. The molecular weight excluding hydrogens is 356 g/mol. The number of rotatable bonds is 3. The number of quaternary nitrogens is 1. The average molecular weight is 385 g/mol. The van der Waals surface area contributed by atoms with Gasteiger partial charge in [0.25, 0.3) is 5.91 Å². The Morgan fingerprint density at radius 2 is 2.07 bits per heavy atom. The molecule has 150 valence electrons. The highest BCUT2D eigenvalue weighted by molar-refractivity contribution is 5.96. The van der Waals surface area contributed by atoms with Crippen LogP contribution in [0.4, 0.5) is 0 Å². The highest BCUT2D eigenvalue weighted by Gasteiger charge is 2.70. The zero-order chi connectivity index (χ0) is 19.9. The molecule has 6 nitrogen and oxygen atoms in total. The van der Waals surface area contributed by atoms with E-state index in [1.807, 2.05) is 6.07 Å². The number of carbonyl (C=O) groups excluding carboxylic acids is 2. The Bertz CT molecular complexity index is 895. The first-order valence-electron chi connectivity index (χ1n) is 10.4. The molecule has 6 heteroatoms. The quantitative estimate of drug-likeness (QED) is 0.685. The summed E-state index contributed by atoms with van der Waals surface area (Å²) in [6, 6.07) is 3.46. The fraction of sp³-hybridized carbons (Fsp3) is 0.636. The number of hydrogen-bond acceptors (Lipinski definition) is 4. The number of carbonyl (C=O) groups is 2. The monoisotopic (exact) mass is 385 g/mol. The summed E-state index contributed by atoms with van der Waals surface area (Å²) in [6.07, 6.45) is 4.85. The van der Waals surface area contributed by atoms with E-state index in [0.717, 1.165) is 29.1 Å². The molecule has 5 rings (SSSR count). The van der Waals surface area contributed by atoms with E-state index in [1.165, 1.54) is 12.8 Å². The van der Waals surface area contributed by atoms with E-state index in [0.29, 0.717) is 31.2 Å². The molecule has 1 amide bonds. The first kappa shape index (κ1) is 18.1. The van der Waals surface area contributed by atoms with Gasteiger partial charge in [-0.15, -0.1) is 0 Å². The maximum Gasteiger partial charge on any atom is 0.252 e. The standard InChI is InChI=1S/C22H28N2O4/c1-24(12-13-2-3-13)9-8-21-11-15(25)6-7-22(21,28)17(24)10-14-4-5-16(20(23)27)19(26)18(14)21/h4-5,13,17,28H,2-3,6-12H2,1H3,(H2-,23,26,27)/p+1/t17-,21-,22?,24?/m1/s1. The van der Waals surface area contributed by atoms with Crippen LogP contribution in [0.1, 0.15) is 60.0 Å². The number of Topliss-reactive ketones (excluding diaryl/α,β-unsaturated/α-hetero) is 1. The molecule has 28 heavy (non-hydrogen) atoms. The number of aromatic hydroxyl groups is 1. The van der Waals surface area contributed by atoms with E-state index in [9.17, 15) is 19.8 Å². The molecule has 1 aliphatic heterocycles. The molecule has 3 aliphatic carbocycles. The Kier molecular flexibility index (Phi) is 3.61. The number of nitrogens with zero attached hydrogens (tertiary/aromatic N) is 1. The number of piperidine rings is 1. The smallest absolute Gasteiger partial charge is 0.252 e. The average Bonchev–Trinajstić information content (AvgIpc) is 3.43. The van der Waals surface area contributed by atoms with E-state index >= 15 is 0 Å². The van der Waals surface area contributed by atoms with Crippen LogP contribution in [0.25, 0.3) is 0 Å². The maximum atomic E-state index is 12.6. The SMILES string of the molecule is C[N+]1(CC2CC2)CC[C@]23CC(=O)CCC2(O)[C@H]1Cc1ccc(C(N)=O)c(O)c13. The Morgan fingerprint density at radius 3 is 2.75 bits per heavy atom. The van der Waals surface area contributed by atoms with Crippen molar-refractivity contribution in [2.45, 2.75) is 62.0 Å². The van der Waals surface area contributed by atoms with Crippen LogP contribution in [0.15, 0.2) is 12.1 Å². The fourth-order valence-corrected chi connectivity index (χ4v) is 6.73. The van der Waals surface area contributed by atoms with Crippen molar-refractivity contribution in [2.75, 3.05) is 20.1 Å². The maximum absolute atomic E-state index is 12.6. The zero-order valence-electron chi connectivity index (χ0n) is 16.4. The number of aliphatic hydroxyl groups is 1. The van der Waals surface area contributed by atoms with Gasteiger partial charge in [0.05, 0.1) is 25.7 Å². The molecule has 0 spiro atoms. The lowest BCUT2D eigenvalue weighted by Crippen LogP contribution is -2.78. The van der Waals surface area contributed by atoms with Crippen LogP contribution in [-0.4, -0.2) is 58.2 Å². The van der Waals surface area contributed by atoms with Crippen LogP contribution in [0, 0.1) is 5.92 Å². The number of benzene rings is 1. The van der Waals surface area contributed by atoms with Crippen molar-refractivity contribution >= 4 is 11.7 Å². The molecule has 1 aromatic carbocycles. The summed E-state index contributed by atoms with van der Waals surface area (Å²) >= 11 is 0. The van der Waals surface area contributed by atoms with Gasteiger partial charge in [-0.05, 0) is 30.9 Å². The second-order valence-corrected chi connectivity index (χ2v) is 9.88. The second kappa shape index (κ2) is 5.57. The van der Waals surface area contributed by atoms with E-state index in [2.05, 4.69) is 7.05 Å². The number of phenols is 1. The molecule has 4 aliphatic rings. The summed E-state index contributed by atoms with van der Waals surface area (Å²) in [5.74, 6) is 0.0429. The first-order valence-corrected chi connectivity index (χ1v) is 10.4. The minimum absolute atomic E-state index is 0.00118. The normalized spacial score (nSPS) is 39.2. The lowest BCUT2D eigenvalue weighted by Gasteiger charge is -2.65. The lowest BCUT2D eigenvalue weighted by atomic mass is 9.48. The number of amides is 1. The molecule has 2 unspecified atom stereocenters. The summed E-state index contributed by atoms with van der Waals surface area (Å²) in [5.41, 5.74) is 5.23. The van der Waals surface area contributed by atoms with Gasteiger partial charge in [-0.25, -0.2) is 0 Å². The second-order valence-electron chi connectivity index (χ2n) is 9.88. The molecule has 1 heterocycles. The third-order valence-corrected chi connectivity index (χ3v) is 8.26. The highest BCUT2D eigenvalue weighted by atomic mass is 16.3. The van der Waals surface area contributed by atoms with Crippen LogP contribution >= 0.6 is 0 Å². The number of hydrogen-bond donors (Lipinski definition) is 3. The van der Waals surface area contributed by atoms with Crippen LogP contribution < -0.4 is 5.73 Å². The van der Waals surface area contributed by atoms with Crippen molar-refractivity contribution in [3.05, 3.63) is 28.8 Å². The van der Waals surface area contributed by atoms with Gasteiger partial charge in [-0.2, -0.15) is 0 Å². The third kappa shape index (κ3) is 2.22. The van der Waals surface area contributed by atoms with Crippen molar-refractivity contribution in [3.8, 4) is 5.75 Å². The van der Waals surface area contributed by atoms with Gasteiger partial charge in [-0.3, -0.25) is 9.59 Å². The Labute approximate surface area is 164 Å². The van der Waals surface area contributed by atoms with Crippen molar-refractivity contribution in [1.82, 2.24) is 0 Å². The summed E-state index contributed by atoms with van der Waals surface area (Å²) in [5, 5.41) is 23.2. The van der Waals surface area contributed by atoms with Crippen molar-refractivity contribution < 1.29 is 24.3 Å². The van der Waals surface area contributed by atoms with Crippen LogP contribution in [0.2, 0.25) is 0 Å². The van der Waals surface area contributed by atoms with Crippen molar-refractivity contribution in [1.29, 1.82) is 0 Å². The van der Waals surface area contributed by atoms with Gasteiger partial charge in [0, 0.05) is 42.6 Å². The molecule has 2 saturated carbocycles. The number of primary amides is 1. The molecule has 4 atom stereocenters. The Balaban J connectivity index is 1.73. The van der Waals surface area contributed by atoms with Gasteiger partial charge in [0.1, 0.15) is 23.2 Å². The van der Waals surface area contributed by atoms with E-state index < -0.39 is 16.9 Å². The zero-order valence-corrected chi connectivity index (χ0v) is 16.4. The van der Waals surface area contributed by atoms with Gasteiger partial charge >= 0.3 is 0 Å². The molecule has 0 radical (unpaired) electrons. The first-order chi connectivity index (χ1) is 13.2. The third-order valence-electron chi connectivity index (χ3n) is 8.26. The minimum atomic E-state index is -1.05. The largest absolute Gasteiger partial charge is 0.507 e. The summed E-state index contributed by atoms with van der Waals surface area (Å²) in [7, 11) is 2.25. The topological polar surface area (TPSA) is 101 Å². The molecule has 1 aromatic rings. The van der Waals surface area contributed by atoms with Crippen molar-refractivity contribution in [3.63, 3.8) is 0 Å². The van der Waals surface area contributed by atoms with E-state index in [-0.39, 0.29) is 29.6 Å². The summed E-state index contributed by atoms with van der Waals surface area (Å²) in [4.78, 5) is 24.4. The highest BCUT2D eigenvalue weighted by Crippen LogP contribution is 2.61. The fourth-order valence-electron chi connectivity index (χ4n) is 6.73. The lowest BCUT2D eigenvalue weighted by molar-refractivity contribution is -0.950. The van der Waals surface area contributed by atoms with Gasteiger partial charge < -0.3 is 20.4 Å². The van der Waals surface area contributed by atoms with Crippen LogP contribution in [0.5, 0.6) is 5.75 Å². The number of likely N-dealkylation sites (tertiary alicyclic amines) is 1. The number of ketones is 1. The molecule has 3 fully saturated rings. The molecule has 4 N–H and O–H groups in total. The predicted octanol–water partition coefficient (Wildman–Crippen LogP) is 1.40.